The van der Waals surface area contributed by atoms with E-state index in [0.29, 0.717) is 17.9 Å². The van der Waals surface area contributed by atoms with Crippen molar-refractivity contribution < 1.29 is 37.2 Å². The van der Waals surface area contributed by atoms with E-state index in [1.807, 2.05) is 6.26 Å². The molecule has 3 rings (SSSR count). The number of aromatic nitrogens is 4. The van der Waals surface area contributed by atoms with E-state index >= 15 is 0 Å². The van der Waals surface area contributed by atoms with Gasteiger partial charge in [0.2, 0.25) is 0 Å². The first-order valence-electron chi connectivity index (χ1n) is 9.72. The maximum absolute atomic E-state index is 12.6. The molecule has 2 unspecified atom stereocenters. The minimum Gasteiger partial charge on any atom is -0.387 e. The van der Waals surface area contributed by atoms with Crippen LogP contribution < -0.4 is 5.32 Å². The molecule has 1 fully saturated rings. The lowest BCUT2D eigenvalue weighted by atomic mass is 10.1. The highest BCUT2D eigenvalue weighted by Crippen LogP contribution is 2.57. The number of hydrogen-bond acceptors (Lipinski definition) is 11. The molecule has 1 aliphatic rings. The Labute approximate surface area is 210 Å². The summed E-state index contributed by atoms with van der Waals surface area (Å²) in [6, 6.07) is 0. The zero-order valence-corrected chi connectivity index (χ0v) is 21.5. The third-order valence-corrected chi connectivity index (χ3v) is 7.11. The molecule has 1 saturated heterocycles. The molecule has 0 amide bonds. The van der Waals surface area contributed by atoms with E-state index < -0.39 is 49.8 Å². The van der Waals surface area contributed by atoms with Crippen molar-refractivity contribution in [2.75, 3.05) is 36.2 Å². The summed E-state index contributed by atoms with van der Waals surface area (Å²) in [5.74, 6) is 0.766. The number of anilines is 1. The number of nitrogens with zero attached hydrogens (tertiary/aromatic N) is 4. The van der Waals surface area contributed by atoms with Gasteiger partial charge in [-0.15, -0.1) is 0 Å². The normalized spacial score (nSPS) is 23.6. The van der Waals surface area contributed by atoms with Crippen molar-refractivity contribution in [3.05, 3.63) is 6.33 Å². The molecule has 192 valence electrons. The van der Waals surface area contributed by atoms with Crippen LogP contribution in [-0.2, 0) is 13.8 Å². The highest BCUT2D eigenvalue weighted by molar-refractivity contribution is 8.05. The average Bonchev–Trinajstić information content (AvgIpc) is 3.27. The number of fused-ring (bicyclic) bond motifs is 1. The van der Waals surface area contributed by atoms with Crippen molar-refractivity contribution in [1.82, 2.24) is 19.5 Å². The Bertz CT molecular complexity index is 1030. The number of thioether (sulfide) groups is 2. The number of imidazole rings is 1. The maximum atomic E-state index is 12.6. The molecule has 4 atom stereocenters. The number of rotatable bonds is 11. The van der Waals surface area contributed by atoms with Gasteiger partial charge in [-0.05, 0) is 28.7 Å². The molecular weight excluding hydrogens is 565 g/mol. The smallest absolute Gasteiger partial charge is 0.387 e. The third kappa shape index (κ3) is 7.50. The summed E-state index contributed by atoms with van der Waals surface area (Å²) in [4.78, 5) is 12.9. The van der Waals surface area contributed by atoms with Crippen LogP contribution in [0, 0.1) is 0 Å². The minimum atomic E-state index is -4.32. The number of aliphatic hydroxyl groups is 2. The number of aliphatic hydroxyl groups excluding tert-OH is 2. The minimum absolute atomic E-state index is 0.0725. The van der Waals surface area contributed by atoms with Gasteiger partial charge in [-0.1, -0.05) is 11.8 Å². The predicted molar refractivity (Wildman–Crippen MR) is 125 cm³/mol. The second kappa shape index (κ2) is 11.7. The van der Waals surface area contributed by atoms with Crippen LogP contribution in [0.15, 0.2) is 11.5 Å². The summed E-state index contributed by atoms with van der Waals surface area (Å²) in [5, 5.41) is 24.0. The highest BCUT2D eigenvalue weighted by Gasteiger charge is 2.45. The van der Waals surface area contributed by atoms with Crippen LogP contribution in [0.4, 0.5) is 19.0 Å². The van der Waals surface area contributed by atoms with E-state index in [1.54, 1.807) is 11.8 Å². The van der Waals surface area contributed by atoms with Crippen molar-refractivity contribution in [2.45, 2.75) is 42.3 Å². The summed E-state index contributed by atoms with van der Waals surface area (Å²) in [6.07, 6.45) is -11.2. The van der Waals surface area contributed by atoms with Gasteiger partial charge in [0, 0.05) is 18.1 Å². The molecule has 10 nitrogen and oxygen atoms in total. The van der Waals surface area contributed by atoms with Crippen LogP contribution in [0.25, 0.3) is 11.2 Å². The molecule has 18 heteroatoms. The first kappa shape index (κ1) is 28.1. The van der Waals surface area contributed by atoms with E-state index in [0.717, 1.165) is 17.5 Å². The van der Waals surface area contributed by atoms with Crippen LogP contribution in [0.2, 0.25) is 0 Å². The number of halogens is 5. The molecule has 0 bridgehead atoms. The molecule has 0 aromatic carbocycles. The molecule has 1 aliphatic heterocycles. The van der Waals surface area contributed by atoms with Crippen LogP contribution >= 0.6 is 52.1 Å². The molecule has 2 aromatic heterocycles. The van der Waals surface area contributed by atoms with Gasteiger partial charge in [-0.25, -0.2) is 15.0 Å². The zero-order valence-electron chi connectivity index (χ0n) is 17.5. The Balaban J connectivity index is 1.89. The molecule has 3 N–H and O–H groups in total. The molecular formula is C16H21Cl2F3N5O5PS2. The molecule has 0 spiro atoms. The summed E-state index contributed by atoms with van der Waals surface area (Å²) in [7, 11) is 0. The largest absolute Gasteiger partial charge is 0.389 e. The molecule has 0 aliphatic carbocycles. The van der Waals surface area contributed by atoms with Crippen LogP contribution in [-0.4, -0.2) is 85.1 Å². The topological polar surface area (TPSA) is 132 Å². The molecule has 0 radical (unpaired) electrons. The molecule has 3 heterocycles. The SMILES string of the molecule is CSCCNc1nc(SCCC(F)(F)F)nc2c1ncn2C1OC(COP(=O)(Cl)Cl)[C@H](O)[C@@H]1O. The number of alkyl halides is 3. The van der Waals surface area contributed by atoms with E-state index in [1.165, 1.54) is 10.9 Å². The third-order valence-electron chi connectivity index (χ3n) is 4.62. The van der Waals surface area contributed by atoms with Crippen molar-refractivity contribution in [3.63, 3.8) is 0 Å². The zero-order chi connectivity index (χ0) is 25.1. The highest BCUT2D eigenvalue weighted by atomic mass is 35.9. The summed E-state index contributed by atoms with van der Waals surface area (Å²) in [5.41, 5.74) is 0.478. The fraction of sp³-hybridized carbons (Fsp3) is 0.688. The fourth-order valence-corrected chi connectivity index (χ4v) is 4.84. The van der Waals surface area contributed by atoms with E-state index in [2.05, 4.69) is 20.3 Å². The second-order valence-corrected chi connectivity index (χ2v) is 13.4. The second-order valence-electron chi connectivity index (χ2n) is 7.07. The van der Waals surface area contributed by atoms with Gasteiger partial charge in [-0.3, -0.25) is 9.13 Å². The number of ether oxygens (including phenoxy) is 1. The fourth-order valence-electron chi connectivity index (χ4n) is 3.06. The van der Waals surface area contributed by atoms with Gasteiger partial charge in [0.05, 0.1) is 19.4 Å². The van der Waals surface area contributed by atoms with Gasteiger partial charge in [0.25, 0.3) is 0 Å². The Morgan fingerprint density at radius 2 is 2.03 bits per heavy atom. The van der Waals surface area contributed by atoms with Crippen molar-refractivity contribution in [1.29, 1.82) is 0 Å². The predicted octanol–water partition coefficient (Wildman–Crippen LogP) is 3.87. The van der Waals surface area contributed by atoms with Gasteiger partial charge in [-0.2, -0.15) is 24.9 Å². The lowest BCUT2D eigenvalue weighted by Gasteiger charge is -2.17. The van der Waals surface area contributed by atoms with Gasteiger partial charge in [0.1, 0.15) is 18.3 Å². The average molecular weight is 586 g/mol. The van der Waals surface area contributed by atoms with Crippen molar-refractivity contribution in [3.8, 4) is 0 Å². The molecule has 2 aromatic rings. The molecule has 34 heavy (non-hydrogen) atoms. The van der Waals surface area contributed by atoms with Gasteiger partial charge < -0.3 is 24.8 Å². The lowest BCUT2D eigenvalue weighted by Crippen LogP contribution is -2.33. The Morgan fingerprint density at radius 3 is 2.68 bits per heavy atom. The Hall–Kier alpha value is -0.510. The van der Waals surface area contributed by atoms with Gasteiger partial charge >= 0.3 is 12.3 Å². The quantitative estimate of drug-likeness (QED) is 0.154. The first-order chi connectivity index (χ1) is 15.9. The van der Waals surface area contributed by atoms with E-state index in [4.69, 9.17) is 31.7 Å². The van der Waals surface area contributed by atoms with Crippen LogP contribution in [0.1, 0.15) is 12.6 Å². The summed E-state index contributed by atoms with van der Waals surface area (Å²) < 4.78 is 60.9. The van der Waals surface area contributed by atoms with Crippen molar-refractivity contribution in [2.24, 2.45) is 0 Å². The van der Waals surface area contributed by atoms with E-state index in [9.17, 15) is 27.9 Å². The Morgan fingerprint density at radius 1 is 1.29 bits per heavy atom. The number of hydrogen-bond donors (Lipinski definition) is 3. The van der Waals surface area contributed by atoms with Crippen molar-refractivity contribution >= 4 is 69.1 Å². The van der Waals surface area contributed by atoms with Gasteiger partial charge in [0.15, 0.2) is 28.4 Å². The summed E-state index contributed by atoms with van der Waals surface area (Å²) >= 11 is 13.1. The molecule has 0 saturated carbocycles. The van der Waals surface area contributed by atoms with Crippen LogP contribution in [0.3, 0.4) is 0 Å². The maximum Gasteiger partial charge on any atom is 0.389 e. The summed E-state index contributed by atoms with van der Waals surface area (Å²) in [6.45, 7) is 0.0606. The lowest BCUT2D eigenvalue weighted by molar-refractivity contribution is -0.129. The number of nitrogens with one attached hydrogen (secondary N) is 1. The van der Waals surface area contributed by atoms with Crippen LogP contribution in [0.5, 0.6) is 0 Å². The first-order valence-corrected chi connectivity index (χ1v) is 15.5. The monoisotopic (exact) mass is 585 g/mol. The van der Waals surface area contributed by atoms with E-state index in [-0.39, 0.29) is 16.6 Å². The standard InChI is InChI=1S/C16H21Cl2F3N5O5PS2/c1-33-5-3-22-12-9-13(25-15(24-12)34-4-2-16(19,20)21)26(7-23-9)14-11(28)10(27)8(31-14)6-30-32(17,18)29/h7-8,10-11,14,27-28H,2-6H2,1H3,(H,22,24,25)/t8?,10-,11-,14?/m0/s1. The Kier molecular flexibility index (Phi) is 9.65.